The van der Waals surface area contributed by atoms with E-state index < -0.39 is 6.17 Å². The van der Waals surface area contributed by atoms with Crippen LogP contribution < -0.4 is 16.4 Å². The van der Waals surface area contributed by atoms with Crippen LogP contribution in [0.2, 0.25) is 0 Å². The molecule has 2 rings (SSSR count). The molecule has 0 aromatic carbocycles. The largest absolute Gasteiger partial charge is 0.386 e. The Morgan fingerprint density at radius 3 is 2.71 bits per heavy atom. The molecular formula is C19H36FN5O3. The molecule has 3 unspecified atom stereocenters. The molecule has 4 N–H and O–H groups in total. The van der Waals surface area contributed by atoms with Crippen molar-refractivity contribution in [1.29, 1.82) is 0 Å². The van der Waals surface area contributed by atoms with Crippen LogP contribution in [0.3, 0.4) is 0 Å². The van der Waals surface area contributed by atoms with E-state index in [4.69, 9.17) is 15.2 Å². The molecule has 2 aliphatic heterocycles. The molecule has 0 bridgehead atoms. The second-order valence-electron chi connectivity index (χ2n) is 7.69. The first-order valence-electron chi connectivity index (χ1n) is 10.3. The fraction of sp³-hybridized carbons (Fsp3) is 0.895. The first-order valence-corrected chi connectivity index (χ1v) is 10.3. The molecule has 8 nitrogen and oxygen atoms in total. The second-order valence-corrected chi connectivity index (χ2v) is 7.69. The molecule has 2 amide bonds. The summed E-state index contributed by atoms with van der Waals surface area (Å²) >= 11 is 0. The number of nitrogens with one attached hydrogen (secondary N) is 2. The number of ether oxygens (including phenoxy) is 2. The molecule has 0 aromatic heterocycles. The Balaban J connectivity index is 2.27. The number of rotatable bonds is 9. The van der Waals surface area contributed by atoms with Gasteiger partial charge in [-0.05, 0) is 32.6 Å². The molecular weight excluding hydrogens is 365 g/mol. The van der Waals surface area contributed by atoms with Gasteiger partial charge in [0.15, 0.2) is 0 Å². The highest BCUT2D eigenvalue weighted by Gasteiger charge is 2.38. The summed E-state index contributed by atoms with van der Waals surface area (Å²) in [5.41, 5.74) is 6.35. The first kappa shape index (κ1) is 22.8. The second kappa shape index (κ2) is 11.5. The van der Waals surface area contributed by atoms with E-state index in [1.54, 1.807) is 12.0 Å². The standard InChI is InChI=1S/C19H36FN5O3/c1-4-23-18(21)17(14-5-7-28-8-6-14)25(11-15-9-22-10-16(15)20)19(26)24-13(2)12-27-3/h13-17,22H,4-12H2,1-3H3,(H2,21,23)(H,24,26)/t13-,15?,16?,17?/m0/s1. The summed E-state index contributed by atoms with van der Waals surface area (Å²) in [4.78, 5) is 19.3. The number of carbonyl (C=O) groups is 1. The third kappa shape index (κ3) is 6.28. The van der Waals surface area contributed by atoms with Gasteiger partial charge in [0, 0.05) is 52.4 Å². The molecule has 2 saturated heterocycles. The van der Waals surface area contributed by atoms with Crippen molar-refractivity contribution in [2.24, 2.45) is 22.6 Å². The van der Waals surface area contributed by atoms with Crippen molar-refractivity contribution in [1.82, 2.24) is 15.5 Å². The molecule has 0 saturated carbocycles. The highest BCUT2D eigenvalue weighted by atomic mass is 19.1. The van der Waals surface area contributed by atoms with E-state index in [1.165, 1.54) is 0 Å². The predicted molar refractivity (Wildman–Crippen MR) is 107 cm³/mol. The van der Waals surface area contributed by atoms with Crippen molar-refractivity contribution in [2.75, 3.05) is 53.1 Å². The quantitative estimate of drug-likeness (QED) is 0.391. The molecule has 0 aliphatic carbocycles. The van der Waals surface area contributed by atoms with Crippen LogP contribution in [-0.2, 0) is 9.47 Å². The summed E-state index contributed by atoms with van der Waals surface area (Å²) < 4.78 is 24.9. The lowest BCUT2D eigenvalue weighted by molar-refractivity contribution is 0.0428. The summed E-state index contributed by atoms with van der Waals surface area (Å²) in [6.07, 6.45) is 0.611. The minimum absolute atomic E-state index is 0.139. The van der Waals surface area contributed by atoms with Crippen LogP contribution in [0, 0.1) is 11.8 Å². The molecule has 2 heterocycles. The van der Waals surface area contributed by atoms with Gasteiger partial charge in [0.2, 0.25) is 0 Å². The zero-order valence-corrected chi connectivity index (χ0v) is 17.3. The monoisotopic (exact) mass is 401 g/mol. The molecule has 9 heteroatoms. The Kier molecular flexibility index (Phi) is 9.40. The van der Waals surface area contributed by atoms with Gasteiger partial charge in [-0.1, -0.05) is 0 Å². The average Bonchev–Trinajstić information content (AvgIpc) is 3.07. The van der Waals surface area contributed by atoms with E-state index in [0.29, 0.717) is 51.8 Å². The van der Waals surface area contributed by atoms with E-state index in [2.05, 4.69) is 15.6 Å². The van der Waals surface area contributed by atoms with Crippen LogP contribution >= 0.6 is 0 Å². The molecule has 0 radical (unpaired) electrons. The van der Waals surface area contributed by atoms with Gasteiger partial charge in [0.1, 0.15) is 12.0 Å². The van der Waals surface area contributed by atoms with Crippen molar-refractivity contribution in [2.45, 2.75) is 44.9 Å². The number of methoxy groups -OCH3 is 1. The number of hydrogen-bond acceptors (Lipinski definition) is 5. The Hall–Kier alpha value is -1.45. The number of amides is 2. The van der Waals surface area contributed by atoms with Crippen molar-refractivity contribution in [3.63, 3.8) is 0 Å². The van der Waals surface area contributed by atoms with Crippen LogP contribution in [0.4, 0.5) is 9.18 Å². The fourth-order valence-corrected chi connectivity index (χ4v) is 4.00. The van der Waals surface area contributed by atoms with Gasteiger partial charge in [0.05, 0.1) is 18.7 Å². The van der Waals surface area contributed by atoms with E-state index in [0.717, 1.165) is 12.8 Å². The summed E-state index contributed by atoms with van der Waals surface area (Å²) in [6, 6.07) is -0.789. The number of amidine groups is 1. The van der Waals surface area contributed by atoms with Gasteiger partial charge in [-0.25, -0.2) is 9.18 Å². The normalized spacial score (nSPS) is 26.1. The Morgan fingerprint density at radius 2 is 2.14 bits per heavy atom. The van der Waals surface area contributed by atoms with Crippen molar-refractivity contribution in [3.8, 4) is 0 Å². The molecule has 2 aliphatic rings. The lowest BCUT2D eigenvalue weighted by Crippen LogP contribution is -2.58. The van der Waals surface area contributed by atoms with Crippen LogP contribution in [-0.4, -0.2) is 88.1 Å². The lowest BCUT2D eigenvalue weighted by atomic mass is 9.89. The number of urea groups is 1. The fourth-order valence-electron chi connectivity index (χ4n) is 4.00. The Morgan fingerprint density at radius 1 is 1.43 bits per heavy atom. The third-order valence-corrected chi connectivity index (χ3v) is 5.43. The van der Waals surface area contributed by atoms with E-state index in [1.807, 2.05) is 13.8 Å². The highest BCUT2D eigenvalue weighted by Crippen LogP contribution is 2.26. The van der Waals surface area contributed by atoms with E-state index in [-0.39, 0.29) is 30.0 Å². The van der Waals surface area contributed by atoms with E-state index >= 15 is 0 Å². The summed E-state index contributed by atoms with van der Waals surface area (Å²) in [7, 11) is 1.59. The minimum Gasteiger partial charge on any atom is -0.386 e. The van der Waals surface area contributed by atoms with Gasteiger partial charge < -0.3 is 30.7 Å². The first-order chi connectivity index (χ1) is 13.5. The maximum absolute atomic E-state index is 14.3. The van der Waals surface area contributed by atoms with Crippen LogP contribution in [0.1, 0.15) is 26.7 Å². The number of carbonyl (C=O) groups excluding carboxylic acids is 1. The van der Waals surface area contributed by atoms with Gasteiger partial charge in [-0.2, -0.15) is 0 Å². The highest BCUT2D eigenvalue weighted by molar-refractivity contribution is 5.90. The number of nitrogens with zero attached hydrogens (tertiary/aromatic N) is 2. The zero-order valence-electron chi connectivity index (χ0n) is 17.3. The molecule has 4 atom stereocenters. The summed E-state index contributed by atoms with van der Waals surface area (Å²) in [5.74, 6) is 0.311. The van der Waals surface area contributed by atoms with Gasteiger partial charge in [-0.3, -0.25) is 4.99 Å². The maximum atomic E-state index is 14.3. The molecule has 0 aromatic rings. The zero-order chi connectivity index (χ0) is 20.5. The SMILES string of the molecule is CCN=C(N)C(C1CCOCC1)N(CC1CNCC1F)C(=O)N[C@@H](C)COC. The maximum Gasteiger partial charge on any atom is 0.318 e. The predicted octanol–water partition coefficient (Wildman–Crippen LogP) is 0.763. The summed E-state index contributed by atoms with van der Waals surface area (Å²) in [6.45, 7) is 7.15. The number of hydrogen-bond donors (Lipinski definition) is 3. The average molecular weight is 402 g/mol. The molecule has 162 valence electrons. The minimum atomic E-state index is -0.980. The van der Waals surface area contributed by atoms with Crippen LogP contribution in [0.25, 0.3) is 0 Å². The van der Waals surface area contributed by atoms with Crippen LogP contribution in [0.15, 0.2) is 4.99 Å². The van der Waals surface area contributed by atoms with Gasteiger partial charge in [-0.15, -0.1) is 0 Å². The van der Waals surface area contributed by atoms with Gasteiger partial charge in [0.25, 0.3) is 0 Å². The van der Waals surface area contributed by atoms with E-state index in [9.17, 15) is 9.18 Å². The summed E-state index contributed by atoms with van der Waals surface area (Å²) in [5, 5.41) is 6.03. The molecule has 28 heavy (non-hydrogen) atoms. The van der Waals surface area contributed by atoms with Gasteiger partial charge >= 0.3 is 6.03 Å². The third-order valence-electron chi connectivity index (χ3n) is 5.43. The van der Waals surface area contributed by atoms with Crippen LogP contribution in [0.5, 0.6) is 0 Å². The topological polar surface area (TPSA) is 101 Å². The van der Waals surface area contributed by atoms with Crippen molar-refractivity contribution >= 4 is 11.9 Å². The number of alkyl halides is 1. The Labute approximate surface area is 167 Å². The lowest BCUT2D eigenvalue weighted by Gasteiger charge is -2.40. The number of halogens is 1. The number of aliphatic imine (C=N–C) groups is 1. The Bertz CT molecular complexity index is 516. The number of nitrogens with two attached hydrogens (primary N) is 1. The molecule has 2 fully saturated rings. The van der Waals surface area contributed by atoms with Crippen molar-refractivity contribution < 1.29 is 18.7 Å². The smallest absolute Gasteiger partial charge is 0.318 e. The molecule has 0 spiro atoms. The van der Waals surface area contributed by atoms with Crippen molar-refractivity contribution in [3.05, 3.63) is 0 Å².